The van der Waals surface area contributed by atoms with Gasteiger partial charge in [0.2, 0.25) is 5.88 Å². The van der Waals surface area contributed by atoms with Crippen molar-refractivity contribution in [1.29, 1.82) is 0 Å². The highest BCUT2D eigenvalue weighted by molar-refractivity contribution is 5.71. The van der Waals surface area contributed by atoms with Crippen LogP contribution < -0.4 is 4.74 Å². The zero-order valence-electron chi connectivity index (χ0n) is 11.4. The minimum Gasteiger partial charge on any atom is -0.481 e. The minimum atomic E-state index is -0.743. The number of nitrogens with zero attached hydrogens (tertiary/aromatic N) is 2. The molecule has 2 rings (SSSR count). The van der Waals surface area contributed by atoms with E-state index in [9.17, 15) is 9.90 Å². The molecule has 19 heavy (non-hydrogen) atoms. The largest absolute Gasteiger partial charge is 0.481 e. The van der Waals surface area contributed by atoms with E-state index >= 15 is 0 Å². The Bertz CT molecular complexity index is 450. The van der Waals surface area contributed by atoms with Gasteiger partial charge in [-0.3, -0.25) is 9.78 Å². The van der Waals surface area contributed by atoms with Gasteiger partial charge >= 0.3 is 5.97 Å². The van der Waals surface area contributed by atoms with Gasteiger partial charge in [-0.05, 0) is 25.2 Å². The molecule has 0 saturated heterocycles. The Morgan fingerprint density at radius 2 is 2.16 bits per heavy atom. The summed E-state index contributed by atoms with van der Waals surface area (Å²) in [6.07, 6.45) is 6.78. The molecule has 5 nitrogen and oxygen atoms in total. The van der Waals surface area contributed by atoms with Gasteiger partial charge in [-0.15, -0.1) is 0 Å². The van der Waals surface area contributed by atoms with E-state index in [1.54, 1.807) is 19.5 Å². The highest BCUT2D eigenvalue weighted by Crippen LogP contribution is 2.43. The second-order valence-electron chi connectivity index (χ2n) is 5.09. The van der Waals surface area contributed by atoms with Crippen molar-refractivity contribution in [3.8, 4) is 5.88 Å². The lowest BCUT2D eigenvalue weighted by atomic mass is 9.72. The molecule has 104 valence electrons. The molecule has 1 aliphatic rings. The topological polar surface area (TPSA) is 72.3 Å². The van der Waals surface area contributed by atoms with Crippen molar-refractivity contribution in [3.05, 3.63) is 18.1 Å². The van der Waals surface area contributed by atoms with Crippen molar-refractivity contribution < 1.29 is 14.6 Å². The van der Waals surface area contributed by atoms with Crippen LogP contribution in [0.1, 0.15) is 44.2 Å². The van der Waals surface area contributed by atoms with Crippen LogP contribution in [0.2, 0.25) is 0 Å². The molecule has 3 unspecified atom stereocenters. The zero-order valence-corrected chi connectivity index (χ0v) is 11.4. The molecule has 1 fully saturated rings. The summed E-state index contributed by atoms with van der Waals surface area (Å²) in [4.78, 5) is 19.9. The predicted molar refractivity (Wildman–Crippen MR) is 70.1 cm³/mol. The summed E-state index contributed by atoms with van der Waals surface area (Å²) >= 11 is 0. The lowest BCUT2D eigenvalue weighted by molar-refractivity contribution is -0.144. The molecule has 1 N–H and O–H groups in total. The van der Waals surface area contributed by atoms with Crippen molar-refractivity contribution in [2.45, 2.75) is 38.5 Å². The Kier molecular flexibility index (Phi) is 4.35. The van der Waals surface area contributed by atoms with E-state index in [2.05, 4.69) is 16.9 Å². The van der Waals surface area contributed by atoms with Gasteiger partial charge in [0.15, 0.2) is 0 Å². The number of rotatable bonds is 4. The maximum Gasteiger partial charge on any atom is 0.307 e. The number of ether oxygens (including phenoxy) is 1. The molecular formula is C14H20N2O3. The summed E-state index contributed by atoms with van der Waals surface area (Å²) in [7, 11) is 1.55. The zero-order chi connectivity index (χ0) is 13.8. The third-order valence-electron chi connectivity index (χ3n) is 4.09. The molecule has 1 aromatic rings. The van der Waals surface area contributed by atoms with Crippen molar-refractivity contribution in [1.82, 2.24) is 9.97 Å². The summed E-state index contributed by atoms with van der Waals surface area (Å²) < 4.78 is 5.23. The third-order valence-corrected chi connectivity index (χ3v) is 4.09. The van der Waals surface area contributed by atoms with Crippen LogP contribution in [0.25, 0.3) is 0 Å². The van der Waals surface area contributed by atoms with Gasteiger partial charge in [0, 0.05) is 18.3 Å². The Hall–Kier alpha value is -1.65. The maximum atomic E-state index is 11.4. The monoisotopic (exact) mass is 264 g/mol. The molecule has 0 bridgehead atoms. The molecule has 3 atom stereocenters. The van der Waals surface area contributed by atoms with Crippen LogP contribution in [-0.2, 0) is 4.79 Å². The highest BCUT2D eigenvalue weighted by atomic mass is 16.5. The molecule has 1 aromatic heterocycles. The number of aliphatic carboxylic acids is 1. The van der Waals surface area contributed by atoms with Crippen molar-refractivity contribution in [2.75, 3.05) is 7.11 Å². The van der Waals surface area contributed by atoms with E-state index < -0.39 is 5.97 Å². The second-order valence-corrected chi connectivity index (χ2v) is 5.09. The molecular weight excluding hydrogens is 244 g/mol. The van der Waals surface area contributed by atoms with Crippen LogP contribution in [0.4, 0.5) is 0 Å². The standard InChI is InChI=1S/C14H20N2O3/c1-3-9-4-5-10(14(17)18)11(8-9)12-13(19-2)16-7-6-15-12/h6-7,9-11H,3-5,8H2,1-2H3,(H,17,18). The Labute approximate surface area is 113 Å². The van der Waals surface area contributed by atoms with Crippen molar-refractivity contribution in [3.63, 3.8) is 0 Å². The lowest BCUT2D eigenvalue weighted by Crippen LogP contribution is -2.30. The summed E-state index contributed by atoms with van der Waals surface area (Å²) in [6.45, 7) is 2.15. The fraction of sp³-hybridized carbons (Fsp3) is 0.643. The first-order valence-corrected chi connectivity index (χ1v) is 6.75. The van der Waals surface area contributed by atoms with Gasteiger partial charge in [0.25, 0.3) is 0 Å². The summed E-state index contributed by atoms with van der Waals surface area (Å²) in [5.74, 6) is -0.205. The molecule has 0 radical (unpaired) electrons. The van der Waals surface area contributed by atoms with Gasteiger partial charge in [-0.25, -0.2) is 4.98 Å². The molecule has 0 aromatic carbocycles. The SMILES string of the molecule is CCC1CCC(C(=O)O)C(c2nccnc2OC)C1. The van der Waals surface area contributed by atoms with E-state index in [-0.39, 0.29) is 11.8 Å². The fourth-order valence-corrected chi connectivity index (χ4v) is 2.97. The quantitative estimate of drug-likeness (QED) is 0.904. The summed E-state index contributed by atoms with van der Waals surface area (Å²) in [5.41, 5.74) is 0.690. The van der Waals surface area contributed by atoms with Crippen LogP contribution in [0.5, 0.6) is 5.88 Å². The first-order chi connectivity index (χ1) is 9.17. The van der Waals surface area contributed by atoms with Gasteiger partial charge in [0.1, 0.15) is 5.69 Å². The average Bonchev–Trinajstić information content (AvgIpc) is 2.46. The second kappa shape index (κ2) is 5.99. The third kappa shape index (κ3) is 2.85. The summed E-state index contributed by atoms with van der Waals surface area (Å²) in [5, 5.41) is 9.40. The van der Waals surface area contributed by atoms with E-state index in [1.165, 1.54) is 0 Å². The number of aromatic nitrogens is 2. The van der Waals surface area contributed by atoms with E-state index in [1.807, 2.05) is 0 Å². The normalized spacial score (nSPS) is 26.9. The first-order valence-electron chi connectivity index (χ1n) is 6.75. The van der Waals surface area contributed by atoms with Crippen LogP contribution in [0, 0.1) is 11.8 Å². The number of methoxy groups -OCH3 is 1. The Morgan fingerprint density at radius 3 is 2.79 bits per heavy atom. The predicted octanol–water partition coefficient (Wildman–Crippen LogP) is 2.48. The minimum absolute atomic E-state index is 0.0974. The van der Waals surface area contributed by atoms with Crippen LogP contribution in [0.3, 0.4) is 0 Å². The molecule has 5 heteroatoms. The number of hydrogen-bond acceptors (Lipinski definition) is 4. The fourth-order valence-electron chi connectivity index (χ4n) is 2.97. The molecule has 0 amide bonds. The molecule has 1 aliphatic carbocycles. The van der Waals surface area contributed by atoms with Gasteiger partial charge in [-0.2, -0.15) is 0 Å². The average molecular weight is 264 g/mol. The van der Waals surface area contributed by atoms with Crippen LogP contribution in [-0.4, -0.2) is 28.2 Å². The molecule has 1 saturated carbocycles. The van der Waals surface area contributed by atoms with E-state index in [0.29, 0.717) is 23.9 Å². The number of carboxylic acids is 1. The lowest BCUT2D eigenvalue weighted by Gasteiger charge is -2.33. The smallest absolute Gasteiger partial charge is 0.307 e. The number of hydrogen-bond donors (Lipinski definition) is 1. The van der Waals surface area contributed by atoms with Crippen molar-refractivity contribution >= 4 is 5.97 Å². The molecule has 1 heterocycles. The van der Waals surface area contributed by atoms with Crippen LogP contribution >= 0.6 is 0 Å². The number of carboxylic acid groups (broad SMARTS) is 1. The highest BCUT2D eigenvalue weighted by Gasteiger charge is 2.37. The summed E-state index contributed by atoms with van der Waals surface area (Å²) in [6, 6.07) is 0. The Balaban J connectivity index is 2.33. The van der Waals surface area contributed by atoms with E-state index in [4.69, 9.17) is 4.74 Å². The first kappa shape index (κ1) is 13.8. The maximum absolute atomic E-state index is 11.4. The molecule has 0 spiro atoms. The van der Waals surface area contributed by atoms with Gasteiger partial charge in [0.05, 0.1) is 13.0 Å². The Morgan fingerprint density at radius 1 is 1.42 bits per heavy atom. The van der Waals surface area contributed by atoms with Gasteiger partial charge in [-0.1, -0.05) is 13.3 Å². The number of carbonyl (C=O) groups is 1. The van der Waals surface area contributed by atoms with E-state index in [0.717, 1.165) is 19.3 Å². The molecule has 0 aliphatic heterocycles. The van der Waals surface area contributed by atoms with Crippen molar-refractivity contribution in [2.24, 2.45) is 11.8 Å². The van der Waals surface area contributed by atoms with Gasteiger partial charge < -0.3 is 9.84 Å². The van der Waals surface area contributed by atoms with Crippen LogP contribution in [0.15, 0.2) is 12.4 Å².